The fourth-order valence-corrected chi connectivity index (χ4v) is 6.40. The van der Waals surface area contributed by atoms with Crippen LogP contribution >= 0.6 is 0 Å². The second-order valence-corrected chi connectivity index (χ2v) is 11.8. The fraction of sp³-hybridized carbons (Fsp3) is 0.150. The summed E-state index contributed by atoms with van der Waals surface area (Å²) in [4.78, 5) is 4.82. The molecule has 0 saturated heterocycles. The molecule has 0 atom stereocenters. The van der Waals surface area contributed by atoms with E-state index in [2.05, 4.69) is 159 Å². The first-order chi connectivity index (χ1) is 20.4. The van der Waals surface area contributed by atoms with Gasteiger partial charge in [0.2, 0.25) is 0 Å². The average Bonchev–Trinajstić information content (AvgIpc) is 3.39. The van der Waals surface area contributed by atoms with E-state index < -0.39 is 0 Å². The molecule has 0 N–H and O–H groups in total. The third-order valence-corrected chi connectivity index (χ3v) is 8.47. The fourth-order valence-electron chi connectivity index (χ4n) is 6.40. The highest BCUT2D eigenvalue weighted by atomic mass is 15.1. The molecule has 0 unspecified atom stereocenters. The molecule has 206 valence electrons. The summed E-state index contributed by atoms with van der Waals surface area (Å²) in [7, 11) is 0. The number of benzene rings is 6. The van der Waals surface area contributed by atoms with E-state index in [1.807, 2.05) is 0 Å². The average molecular weight is 545 g/mol. The molecule has 1 aliphatic rings. The third kappa shape index (κ3) is 4.84. The molecule has 7 rings (SSSR count). The number of rotatable bonds is 6. The molecule has 0 amide bonds. The van der Waals surface area contributed by atoms with Crippen LogP contribution in [0.25, 0.3) is 10.8 Å². The molecule has 0 fully saturated rings. The molecule has 0 spiro atoms. The Balaban J connectivity index is 1.43. The lowest BCUT2D eigenvalue weighted by molar-refractivity contribution is 1.02. The van der Waals surface area contributed by atoms with Crippen molar-refractivity contribution in [3.8, 4) is 0 Å². The number of aryl methyl sites for hydroxylation is 6. The predicted molar refractivity (Wildman–Crippen MR) is 180 cm³/mol. The van der Waals surface area contributed by atoms with Crippen molar-refractivity contribution in [2.24, 2.45) is 0 Å². The smallest absolute Gasteiger partial charge is 0.0470 e. The van der Waals surface area contributed by atoms with Crippen molar-refractivity contribution in [1.29, 1.82) is 0 Å². The van der Waals surface area contributed by atoms with Crippen LogP contribution in [0.1, 0.15) is 33.4 Å². The van der Waals surface area contributed by atoms with Crippen LogP contribution in [0.15, 0.2) is 121 Å². The summed E-state index contributed by atoms with van der Waals surface area (Å²) in [5.74, 6) is 0. The highest BCUT2D eigenvalue weighted by molar-refractivity contribution is 5.99. The van der Waals surface area contributed by atoms with Gasteiger partial charge in [0.05, 0.1) is 0 Å². The van der Waals surface area contributed by atoms with E-state index in [1.165, 1.54) is 78.3 Å². The monoisotopic (exact) mass is 544 g/mol. The zero-order chi connectivity index (χ0) is 28.8. The van der Waals surface area contributed by atoms with Gasteiger partial charge in [0.1, 0.15) is 0 Å². The van der Waals surface area contributed by atoms with Gasteiger partial charge >= 0.3 is 0 Å². The Morgan fingerprint density at radius 3 is 1.21 bits per heavy atom. The minimum Gasteiger partial charge on any atom is -0.310 e. The van der Waals surface area contributed by atoms with Crippen LogP contribution in [-0.4, -0.2) is 0 Å². The quantitative estimate of drug-likeness (QED) is 0.206. The molecule has 0 aromatic heterocycles. The predicted octanol–water partition coefficient (Wildman–Crippen LogP) is 11.1. The van der Waals surface area contributed by atoms with Gasteiger partial charge in [0.15, 0.2) is 0 Å². The van der Waals surface area contributed by atoms with Crippen LogP contribution in [0.4, 0.5) is 34.1 Å². The first-order valence-corrected chi connectivity index (χ1v) is 14.9. The van der Waals surface area contributed by atoms with Crippen molar-refractivity contribution in [2.75, 3.05) is 9.80 Å². The van der Waals surface area contributed by atoms with Gasteiger partial charge in [-0.05, 0) is 146 Å². The normalized spacial score (nSPS) is 12.1. The van der Waals surface area contributed by atoms with Crippen LogP contribution in [0.3, 0.4) is 0 Å². The largest absolute Gasteiger partial charge is 0.310 e. The van der Waals surface area contributed by atoms with Crippen molar-refractivity contribution < 1.29 is 0 Å². The molecule has 42 heavy (non-hydrogen) atoms. The maximum absolute atomic E-state index is 2.42. The van der Waals surface area contributed by atoms with E-state index >= 15 is 0 Å². The van der Waals surface area contributed by atoms with E-state index in [-0.39, 0.29) is 0 Å². The Bertz CT molecular complexity index is 1780. The first-order valence-electron chi connectivity index (χ1n) is 14.9. The lowest BCUT2D eigenvalue weighted by Crippen LogP contribution is -2.11. The van der Waals surface area contributed by atoms with E-state index in [0.29, 0.717) is 0 Å². The zero-order valence-electron chi connectivity index (χ0n) is 24.9. The highest BCUT2D eigenvalue weighted by Crippen LogP contribution is 2.44. The molecular weight excluding hydrogens is 508 g/mol. The maximum Gasteiger partial charge on any atom is 0.0470 e. The first kappa shape index (κ1) is 26.1. The molecule has 2 nitrogen and oxygen atoms in total. The molecule has 1 aliphatic carbocycles. The van der Waals surface area contributed by atoms with Gasteiger partial charge < -0.3 is 9.80 Å². The minimum absolute atomic E-state index is 1.06. The second-order valence-electron chi connectivity index (χ2n) is 11.8. The van der Waals surface area contributed by atoms with Crippen LogP contribution < -0.4 is 9.80 Å². The van der Waals surface area contributed by atoms with E-state index in [0.717, 1.165) is 12.8 Å². The number of hydrogen-bond donors (Lipinski definition) is 0. The van der Waals surface area contributed by atoms with Gasteiger partial charge in [-0.2, -0.15) is 0 Å². The third-order valence-electron chi connectivity index (χ3n) is 8.47. The molecule has 2 heteroatoms. The number of nitrogens with zero attached hydrogens (tertiary/aromatic N) is 2. The van der Waals surface area contributed by atoms with Gasteiger partial charge in [-0.15, -0.1) is 0 Å². The van der Waals surface area contributed by atoms with Gasteiger partial charge in [-0.3, -0.25) is 0 Å². The van der Waals surface area contributed by atoms with E-state index in [9.17, 15) is 0 Å². The summed E-state index contributed by atoms with van der Waals surface area (Å²) in [5, 5.41) is 2.71. The van der Waals surface area contributed by atoms with E-state index in [4.69, 9.17) is 0 Å². The van der Waals surface area contributed by atoms with Gasteiger partial charge in [0, 0.05) is 34.1 Å². The van der Waals surface area contributed by atoms with Crippen molar-refractivity contribution in [1.82, 2.24) is 0 Å². The molecule has 0 saturated carbocycles. The minimum atomic E-state index is 1.06. The molecule has 6 aromatic rings. The van der Waals surface area contributed by atoms with Crippen molar-refractivity contribution in [3.63, 3.8) is 0 Å². The molecule has 0 aliphatic heterocycles. The molecule has 0 radical (unpaired) electrons. The summed E-state index contributed by atoms with van der Waals surface area (Å²) >= 11 is 0. The SMILES string of the molecule is Cc1ccc(N(c2cccc(C)c2)c2cc3c4c(cc(N(c5ccc(C)cc5)c5cccc(C)c5)cc4c2)CC3)cc1. The standard InChI is InChI=1S/C40H36N2/c1-27-11-17-34(18-12-27)41(36-9-5-7-29(3)21-36)38-23-31-15-16-32-24-39(26-33(25-38)40(31)32)42(35-19-13-28(2)14-20-35)37-10-6-8-30(4)22-37/h5-14,17-26H,15-16H2,1-4H3. The summed E-state index contributed by atoms with van der Waals surface area (Å²) < 4.78 is 0. The van der Waals surface area contributed by atoms with Crippen LogP contribution in [0.2, 0.25) is 0 Å². The highest BCUT2D eigenvalue weighted by Gasteiger charge is 2.22. The van der Waals surface area contributed by atoms with Crippen molar-refractivity contribution in [2.45, 2.75) is 40.5 Å². The van der Waals surface area contributed by atoms with Gasteiger partial charge in [-0.1, -0.05) is 59.7 Å². The van der Waals surface area contributed by atoms with Crippen molar-refractivity contribution in [3.05, 3.63) is 155 Å². The zero-order valence-corrected chi connectivity index (χ0v) is 24.9. The maximum atomic E-state index is 2.42. The summed E-state index contributed by atoms with van der Waals surface area (Å²) in [6.45, 7) is 8.63. The van der Waals surface area contributed by atoms with E-state index in [1.54, 1.807) is 0 Å². The number of hydrogen-bond acceptors (Lipinski definition) is 2. The Hall–Kier alpha value is -4.82. The van der Waals surface area contributed by atoms with Gasteiger partial charge in [-0.25, -0.2) is 0 Å². The Morgan fingerprint density at radius 2 is 0.810 bits per heavy atom. The Kier molecular flexibility index (Phi) is 6.55. The molecule has 0 heterocycles. The summed E-state index contributed by atoms with van der Waals surface area (Å²) in [6.07, 6.45) is 2.13. The Labute approximate surface area is 249 Å². The van der Waals surface area contributed by atoms with Gasteiger partial charge in [0.25, 0.3) is 0 Å². The number of anilines is 6. The molecule has 6 aromatic carbocycles. The molecular formula is C40H36N2. The summed E-state index contributed by atoms with van der Waals surface area (Å²) in [6, 6.07) is 45.0. The lowest BCUT2D eigenvalue weighted by Gasteiger charge is -2.28. The molecule has 0 bridgehead atoms. The second kappa shape index (κ2) is 10.5. The van der Waals surface area contributed by atoms with Crippen LogP contribution in [-0.2, 0) is 12.8 Å². The lowest BCUT2D eigenvalue weighted by atomic mass is 10.0. The van der Waals surface area contributed by atoms with Crippen LogP contribution in [0, 0.1) is 27.7 Å². The summed E-state index contributed by atoms with van der Waals surface area (Å²) in [5.41, 5.74) is 15.0. The van der Waals surface area contributed by atoms with Crippen LogP contribution in [0.5, 0.6) is 0 Å². The van der Waals surface area contributed by atoms with Crippen molar-refractivity contribution >= 4 is 44.9 Å². The topological polar surface area (TPSA) is 6.48 Å². The Morgan fingerprint density at radius 1 is 0.381 bits per heavy atom.